The van der Waals surface area contributed by atoms with Crippen molar-refractivity contribution >= 4 is 5.97 Å². The van der Waals surface area contributed by atoms with E-state index < -0.39 is 12.3 Å². The molecule has 190 valence electrons. The fraction of sp³-hybridized carbons (Fsp3) is 0.759. The van der Waals surface area contributed by atoms with Gasteiger partial charge in [-0.3, -0.25) is 0 Å². The molecule has 4 heteroatoms. The van der Waals surface area contributed by atoms with E-state index >= 15 is 0 Å². The summed E-state index contributed by atoms with van der Waals surface area (Å²) in [5.74, 6) is -0.186. The number of hydrogen-bond acceptors (Lipinski definition) is 3. The van der Waals surface area contributed by atoms with Gasteiger partial charge in [0.2, 0.25) is 0 Å². The quantitative estimate of drug-likeness (QED) is 0.130. The molecule has 0 aliphatic heterocycles. The lowest BCUT2D eigenvalue weighted by Crippen LogP contribution is -2.21. The van der Waals surface area contributed by atoms with E-state index in [1.54, 1.807) is 6.92 Å². The molecular weight excluding hydrogens is 412 g/mol. The molecule has 1 unspecified atom stereocenters. The summed E-state index contributed by atoms with van der Waals surface area (Å²) in [5.41, 5.74) is 1.17. The molecule has 1 atom stereocenters. The van der Waals surface area contributed by atoms with Crippen LogP contribution < -0.4 is 4.74 Å². The normalized spacial score (nSPS) is 12.1. The molecule has 0 spiro atoms. The number of hydrogen-bond donors (Lipinski definition) is 1. The highest BCUT2D eigenvalue weighted by atomic mass is 16.7. The van der Waals surface area contributed by atoms with Crippen LogP contribution in [0.4, 0.5) is 0 Å². The Labute approximate surface area is 203 Å². The van der Waals surface area contributed by atoms with E-state index in [0.717, 1.165) is 18.6 Å². The highest BCUT2D eigenvalue weighted by molar-refractivity contribution is 5.68. The number of para-hydroxylation sites is 1. The van der Waals surface area contributed by atoms with E-state index in [1.165, 1.54) is 108 Å². The molecule has 0 aliphatic rings. The number of ether oxygens (including phenoxy) is 2. The van der Waals surface area contributed by atoms with Crippen LogP contribution in [-0.4, -0.2) is 24.0 Å². The Morgan fingerprint density at radius 3 is 1.70 bits per heavy atom. The van der Waals surface area contributed by atoms with Crippen LogP contribution in [0.15, 0.2) is 24.3 Å². The van der Waals surface area contributed by atoms with Gasteiger partial charge in [-0.25, -0.2) is 4.79 Å². The number of aryl methyl sites for hydroxylation is 1. The monoisotopic (exact) mass is 462 g/mol. The molecule has 1 rings (SSSR count). The summed E-state index contributed by atoms with van der Waals surface area (Å²) < 4.78 is 11.0. The first kappa shape index (κ1) is 29.5. The van der Waals surface area contributed by atoms with E-state index in [9.17, 15) is 4.79 Å². The first-order valence-corrected chi connectivity index (χ1v) is 13.7. The van der Waals surface area contributed by atoms with Crippen LogP contribution in [0.1, 0.15) is 129 Å². The fourth-order valence-corrected chi connectivity index (χ4v) is 4.27. The molecule has 0 saturated heterocycles. The summed E-state index contributed by atoms with van der Waals surface area (Å²) in [6.07, 6.45) is 23.9. The van der Waals surface area contributed by atoms with Gasteiger partial charge in [-0.15, -0.1) is 0 Å². The van der Waals surface area contributed by atoms with E-state index in [4.69, 9.17) is 14.6 Å². The Kier molecular flexibility index (Phi) is 18.8. The third-order valence-electron chi connectivity index (χ3n) is 6.26. The largest absolute Gasteiger partial charge is 0.480 e. The van der Waals surface area contributed by atoms with Crippen molar-refractivity contribution < 1.29 is 19.4 Å². The maximum atomic E-state index is 10.6. The van der Waals surface area contributed by atoms with Crippen LogP contribution in [0.3, 0.4) is 0 Å². The van der Waals surface area contributed by atoms with Gasteiger partial charge in [0, 0.05) is 0 Å². The Bertz CT molecular complexity index is 587. The molecular formula is C29H50O4. The molecule has 0 saturated carbocycles. The van der Waals surface area contributed by atoms with Gasteiger partial charge in [-0.2, -0.15) is 0 Å². The van der Waals surface area contributed by atoms with Crippen molar-refractivity contribution in [2.75, 3.05) is 6.61 Å². The minimum Gasteiger partial charge on any atom is -0.480 e. The van der Waals surface area contributed by atoms with Crippen molar-refractivity contribution in [2.45, 2.75) is 136 Å². The third kappa shape index (κ3) is 17.6. The molecule has 4 nitrogen and oxygen atoms in total. The Morgan fingerprint density at radius 2 is 1.21 bits per heavy atom. The second kappa shape index (κ2) is 21.0. The highest BCUT2D eigenvalue weighted by Gasteiger charge is 2.10. The zero-order chi connectivity index (χ0) is 24.0. The maximum absolute atomic E-state index is 10.6. The van der Waals surface area contributed by atoms with Crippen LogP contribution in [0.5, 0.6) is 5.75 Å². The third-order valence-corrected chi connectivity index (χ3v) is 6.26. The van der Waals surface area contributed by atoms with Crippen LogP contribution >= 0.6 is 0 Å². The minimum atomic E-state index is -0.984. The molecule has 0 fully saturated rings. The molecule has 0 bridgehead atoms. The predicted molar refractivity (Wildman–Crippen MR) is 138 cm³/mol. The number of rotatable bonds is 23. The van der Waals surface area contributed by atoms with Crippen LogP contribution in [-0.2, 0) is 16.0 Å². The van der Waals surface area contributed by atoms with Crippen molar-refractivity contribution in [1.29, 1.82) is 0 Å². The van der Waals surface area contributed by atoms with E-state index in [1.807, 2.05) is 18.2 Å². The maximum Gasteiger partial charge on any atom is 0.329 e. The van der Waals surface area contributed by atoms with Crippen LogP contribution in [0, 0.1) is 0 Å². The number of carboxylic acids is 1. The lowest BCUT2D eigenvalue weighted by molar-refractivity contribution is -0.151. The molecule has 0 amide bonds. The number of carboxylic acid groups (broad SMARTS) is 1. The Morgan fingerprint density at radius 1 is 0.758 bits per heavy atom. The topological polar surface area (TPSA) is 55.8 Å². The SMILES string of the molecule is CCCCCCCCCCCCCCCCCCCc1ccccc1OC(C)OCC(=O)O. The van der Waals surface area contributed by atoms with Crippen molar-refractivity contribution in [3.05, 3.63) is 29.8 Å². The smallest absolute Gasteiger partial charge is 0.329 e. The molecule has 0 aliphatic carbocycles. The van der Waals surface area contributed by atoms with Gasteiger partial charge in [-0.05, 0) is 31.4 Å². The van der Waals surface area contributed by atoms with E-state index in [-0.39, 0.29) is 6.61 Å². The number of aliphatic carboxylic acids is 1. The second-order valence-corrected chi connectivity index (χ2v) is 9.40. The average molecular weight is 463 g/mol. The van der Waals surface area contributed by atoms with Gasteiger partial charge in [0.05, 0.1) is 0 Å². The second-order valence-electron chi connectivity index (χ2n) is 9.40. The van der Waals surface area contributed by atoms with Gasteiger partial charge in [0.15, 0.2) is 6.29 Å². The standard InChI is InChI=1S/C29H50O4/c1-3-4-5-6-7-8-9-10-11-12-13-14-15-16-17-18-19-22-27-23-20-21-24-28(27)33-26(2)32-25-29(30)31/h20-21,23-24,26H,3-19,22,25H2,1-2H3,(H,30,31). The first-order valence-electron chi connectivity index (χ1n) is 13.7. The van der Waals surface area contributed by atoms with Crippen LogP contribution in [0.25, 0.3) is 0 Å². The summed E-state index contributed by atoms with van der Waals surface area (Å²) in [7, 11) is 0. The predicted octanol–water partition coefficient (Wildman–Crippen LogP) is 8.71. The summed E-state index contributed by atoms with van der Waals surface area (Å²) in [6.45, 7) is 3.67. The fourth-order valence-electron chi connectivity index (χ4n) is 4.27. The number of unbranched alkanes of at least 4 members (excludes halogenated alkanes) is 16. The van der Waals surface area contributed by atoms with Crippen molar-refractivity contribution in [2.24, 2.45) is 0 Å². The Balaban J connectivity index is 1.96. The number of carbonyl (C=O) groups is 1. The van der Waals surface area contributed by atoms with E-state index in [0.29, 0.717) is 0 Å². The summed E-state index contributed by atoms with van der Waals surface area (Å²) in [6, 6.07) is 7.99. The average Bonchev–Trinajstić information content (AvgIpc) is 2.80. The molecule has 0 heterocycles. The molecule has 33 heavy (non-hydrogen) atoms. The van der Waals surface area contributed by atoms with Gasteiger partial charge < -0.3 is 14.6 Å². The molecule has 1 aromatic rings. The molecule has 0 aromatic heterocycles. The van der Waals surface area contributed by atoms with Crippen molar-refractivity contribution in [3.8, 4) is 5.75 Å². The van der Waals surface area contributed by atoms with Crippen molar-refractivity contribution in [1.82, 2.24) is 0 Å². The Hall–Kier alpha value is -1.55. The van der Waals surface area contributed by atoms with Gasteiger partial charge >= 0.3 is 5.97 Å². The summed E-state index contributed by atoms with van der Waals surface area (Å²) in [5, 5.41) is 8.72. The zero-order valence-electron chi connectivity index (χ0n) is 21.5. The first-order chi connectivity index (χ1) is 16.1. The molecule has 1 N–H and O–H groups in total. The lowest BCUT2D eigenvalue weighted by Gasteiger charge is -2.17. The highest BCUT2D eigenvalue weighted by Crippen LogP contribution is 2.22. The molecule has 1 aromatic carbocycles. The van der Waals surface area contributed by atoms with Gasteiger partial charge in [0.25, 0.3) is 0 Å². The van der Waals surface area contributed by atoms with Gasteiger partial charge in [-0.1, -0.05) is 128 Å². The van der Waals surface area contributed by atoms with Gasteiger partial charge in [0.1, 0.15) is 12.4 Å². The van der Waals surface area contributed by atoms with Crippen molar-refractivity contribution in [3.63, 3.8) is 0 Å². The van der Waals surface area contributed by atoms with E-state index in [2.05, 4.69) is 13.0 Å². The summed E-state index contributed by atoms with van der Waals surface area (Å²) in [4.78, 5) is 10.6. The molecule has 0 radical (unpaired) electrons. The lowest BCUT2D eigenvalue weighted by atomic mass is 10.0. The summed E-state index contributed by atoms with van der Waals surface area (Å²) >= 11 is 0. The zero-order valence-corrected chi connectivity index (χ0v) is 21.5. The van der Waals surface area contributed by atoms with Crippen LogP contribution in [0.2, 0.25) is 0 Å². The number of benzene rings is 1. The minimum absolute atomic E-state index is 0.345.